The number of rotatable bonds is 8. The molecule has 0 amide bonds. The summed E-state index contributed by atoms with van der Waals surface area (Å²) in [6, 6.07) is 27.3. The predicted molar refractivity (Wildman–Crippen MR) is 162 cm³/mol. The van der Waals surface area contributed by atoms with E-state index in [9.17, 15) is 9.90 Å². The van der Waals surface area contributed by atoms with E-state index in [1.54, 1.807) is 13.2 Å². The van der Waals surface area contributed by atoms with E-state index in [0.29, 0.717) is 23.2 Å². The Hall–Kier alpha value is -4.29. The standard InChI is InChI=1S/C34H31ClN2O4/c1-40-28-18-19-29(22-10-14-25(35)15-11-22)24(20-28)21-41-27-16-12-23(13-17-27)33-36-32-30(34(38)39)8-5-9-31(32)37(33)26-6-3-2-4-7-26/h5,8-20,26H,2-4,6-7,21H2,1H3,(H,38,39). The van der Waals surface area contributed by atoms with Gasteiger partial charge < -0.3 is 19.1 Å². The number of carboxylic acids is 1. The molecule has 1 saturated carbocycles. The lowest BCUT2D eigenvalue weighted by molar-refractivity contribution is 0.0699. The highest BCUT2D eigenvalue weighted by Crippen LogP contribution is 2.37. The molecule has 0 unspecified atom stereocenters. The molecule has 1 fully saturated rings. The second kappa shape index (κ2) is 11.7. The fraction of sp³-hybridized carbons (Fsp3) is 0.235. The number of carboxylic acid groups (broad SMARTS) is 1. The molecule has 0 bridgehead atoms. The zero-order valence-electron chi connectivity index (χ0n) is 22.8. The number of hydrogen-bond donors (Lipinski definition) is 1. The van der Waals surface area contributed by atoms with Crippen molar-refractivity contribution in [2.75, 3.05) is 7.11 Å². The minimum atomic E-state index is -0.963. The van der Waals surface area contributed by atoms with Crippen molar-refractivity contribution in [3.05, 3.63) is 101 Å². The van der Waals surface area contributed by atoms with Crippen molar-refractivity contribution in [3.8, 4) is 34.0 Å². The maximum absolute atomic E-state index is 12.0. The first-order chi connectivity index (χ1) is 20.0. The number of fused-ring (bicyclic) bond motifs is 1. The molecule has 0 atom stereocenters. The van der Waals surface area contributed by atoms with E-state index < -0.39 is 5.97 Å². The summed E-state index contributed by atoms with van der Waals surface area (Å²) in [5, 5.41) is 10.5. The minimum Gasteiger partial charge on any atom is -0.497 e. The number of hydrogen-bond acceptors (Lipinski definition) is 4. The molecular formula is C34H31ClN2O4. The average Bonchev–Trinajstić information content (AvgIpc) is 3.41. The van der Waals surface area contributed by atoms with E-state index in [2.05, 4.69) is 4.57 Å². The molecule has 208 valence electrons. The van der Waals surface area contributed by atoms with Crippen molar-refractivity contribution in [2.45, 2.75) is 44.8 Å². The van der Waals surface area contributed by atoms with Gasteiger partial charge in [0.25, 0.3) is 0 Å². The Kier molecular flexibility index (Phi) is 7.66. The molecule has 1 heterocycles. The molecule has 0 spiro atoms. The summed E-state index contributed by atoms with van der Waals surface area (Å²) in [7, 11) is 1.65. The Balaban J connectivity index is 1.30. The highest BCUT2D eigenvalue weighted by atomic mass is 35.5. The molecule has 1 aliphatic rings. The lowest BCUT2D eigenvalue weighted by Gasteiger charge is -2.25. The third kappa shape index (κ3) is 5.52. The van der Waals surface area contributed by atoms with E-state index >= 15 is 0 Å². The minimum absolute atomic E-state index is 0.230. The van der Waals surface area contributed by atoms with Gasteiger partial charge in [-0.15, -0.1) is 0 Å². The van der Waals surface area contributed by atoms with E-state index in [-0.39, 0.29) is 5.56 Å². The van der Waals surface area contributed by atoms with Crippen LogP contribution in [-0.4, -0.2) is 27.7 Å². The second-order valence-electron chi connectivity index (χ2n) is 10.4. The van der Waals surface area contributed by atoms with Crippen LogP contribution < -0.4 is 9.47 Å². The van der Waals surface area contributed by atoms with E-state index in [4.69, 9.17) is 26.1 Å². The summed E-state index contributed by atoms with van der Waals surface area (Å²) in [5.74, 6) is 1.32. The quantitative estimate of drug-likeness (QED) is 0.203. The molecule has 4 aromatic carbocycles. The summed E-state index contributed by atoms with van der Waals surface area (Å²) >= 11 is 6.11. The topological polar surface area (TPSA) is 73.6 Å². The summed E-state index contributed by atoms with van der Waals surface area (Å²) < 4.78 is 14.0. The fourth-order valence-corrected chi connectivity index (χ4v) is 5.92. The largest absolute Gasteiger partial charge is 0.497 e. The predicted octanol–water partition coefficient (Wildman–Crippen LogP) is 8.81. The van der Waals surface area contributed by atoms with Gasteiger partial charge >= 0.3 is 5.97 Å². The van der Waals surface area contributed by atoms with Crippen molar-refractivity contribution in [2.24, 2.45) is 0 Å². The Morgan fingerprint density at radius 2 is 1.63 bits per heavy atom. The van der Waals surface area contributed by atoms with Crippen LogP contribution in [0, 0.1) is 0 Å². The Morgan fingerprint density at radius 1 is 0.927 bits per heavy atom. The van der Waals surface area contributed by atoms with Crippen LogP contribution in [-0.2, 0) is 6.61 Å². The molecule has 0 aliphatic heterocycles. The number of halogens is 1. The maximum Gasteiger partial charge on any atom is 0.337 e. The van der Waals surface area contributed by atoms with Gasteiger partial charge in [0, 0.05) is 22.2 Å². The Labute approximate surface area is 244 Å². The van der Waals surface area contributed by atoms with Crippen LogP contribution in [0.3, 0.4) is 0 Å². The van der Waals surface area contributed by atoms with Crippen molar-refractivity contribution in [3.63, 3.8) is 0 Å². The van der Waals surface area contributed by atoms with Crippen molar-refractivity contribution in [1.82, 2.24) is 9.55 Å². The van der Waals surface area contributed by atoms with Gasteiger partial charge in [0.1, 0.15) is 29.4 Å². The summed E-state index contributed by atoms with van der Waals surface area (Å²) in [6.45, 7) is 0.358. The first-order valence-electron chi connectivity index (χ1n) is 13.9. The van der Waals surface area contributed by atoms with Gasteiger partial charge in [-0.25, -0.2) is 9.78 Å². The smallest absolute Gasteiger partial charge is 0.337 e. The van der Waals surface area contributed by atoms with Gasteiger partial charge in [0.05, 0.1) is 18.2 Å². The molecule has 1 aromatic heterocycles. The molecular weight excluding hydrogens is 536 g/mol. The number of ether oxygens (including phenoxy) is 2. The first-order valence-corrected chi connectivity index (χ1v) is 14.3. The molecule has 6 rings (SSSR count). The number of imidazole rings is 1. The molecule has 7 heteroatoms. The van der Waals surface area contributed by atoms with Gasteiger partial charge in [0.15, 0.2) is 0 Å². The fourth-order valence-electron chi connectivity index (χ4n) is 5.79. The van der Waals surface area contributed by atoms with Gasteiger partial charge in [-0.2, -0.15) is 0 Å². The van der Waals surface area contributed by atoms with Crippen LogP contribution >= 0.6 is 11.6 Å². The first kappa shape index (κ1) is 26.9. The number of carbonyl (C=O) groups is 1. The number of benzene rings is 4. The molecule has 1 aliphatic carbocycles. The molecule has 0 saturated heterocycles. The van der Waals surface area contributed by atoms with Crippen LogP contribution in [0.1, 0.15) is 54.1 Å². The lowest BCUT2D eigenvalue weighted by Crippen LogP contribution is -2.14. The number of aromatic carboxylic acids is 1. The zero-order valence-corrected chi connectivity index (χ0v) is 23.6. The molecule has 1 N–H and O–H groups in total. The van der Waals surface area contributed by atoms with Gasteiger partial charge in [-0.3, -0.25) is 0 Å². The lowest BCUT2D eigenvalue weighted by atomic mass is 9.94. The Morgan fingerprint density at radius 3 is 2.34 bits per heavy atom. The number of para-hydroxylation sites is 1. The van der Waals surface area contributed by atoms with Crippen LogP contribution in [0.5, 0.6) is 11.5 Å². The van der Waals surface area contributed by atoms with E-state index in [1.807, 2.05) is 78.9 Å². The van der Waals surface area contributed by atoms with E-state index in [1.165, 1.54) is 6.42 Å². The average molecular weight is 567 g/mol. The monoisotopic (exact) mass is 566 g/mol. The zero-order chi connectivity index (χ0) is 28.3. The van der Waals surface area contributed by atoms with Crippen LogP contribution in [0.25, 0.3) is 33.5 Å². The second-order valence-corrected chi connectivity index (χ2v) is 10.9. The van der Waals surface area contributed by atoms with Crippen molar-refractivity contribution < 1.29 is 19.4 Å². The highest BCUT2D eigenvalue weighted by molar-refractivity contribution is 6.30. The third-order valence-corrected chi connectivity index (χ3v) is 8.12. The number of methoxy groups -OCH3 is 1. The molecule has 6 nitrogen and oxygen atoms in total. The summed E-state index contributed by atoms with van der Waals surface area (Å²) in [5.41, 5.74) is 5.67. The Bertz CT molecular complexity index is 1690. The van der Waals surface area contributed by atoms with Crippen LogP contribution in [0.2, 0.25) is 5.02 Å². The molecule has 41 heavy (non-hydrogen) atoms. The van der Waals surface area contributed by atoms with Gasteiger partial charge in [0.2, 0.25) is 0 Å². The maximum atomic E-state index is 12.0. The highest BCUT2D eigenvalue weighted by Gasteiger charge is 2.24. The van der Waals surface area contributed by atoms with Gasteiger partial charge in [-0.05, 0) is 84.6 Å². The third-order valence-electron chi connectivity index (χ3n) is 7.86. The summed E-state index contributed by atoms with van der Waals surface area (Å²) in [6.07, 6.45) is 5.69. The summed E-state index contributed by atoms with van der Waals surface area (Å²) in [4.78, 5) is 16.9. The van der Waals surface area contributed by atoms with Crippen molar-refractivity contribution in [1.29, 1.82) is 0 Å². The van der Waals surface area contributed by atoms with Crippen molar-refractivity contribution >= 4 is 28.6 Å². The molecule has 5 aromatic rings. The molecule has 0 radical (unpaired) electrons. The van der Waals surface area contributed by atoms with E-state index in [0.717, 1.165) is 70.8 Å². The number of nitrogens with zero attached hydrogens (tertiary/aromatic N) is 2. The number of aromatic nitrogens is 2. The SMILES string of the molecule is COc1ccc(-c2ccc(Cl)cc2)c(COc2ccc(-c3nc4c(C(=O)O)cccc4n3C3CCCCC3)cc2)c1. The normalized spacial score (nSPS) is 13.8. The van der Waals surface area contributed by atoms with Crippen LogP contribution in [0.15, 0.2) is 84.9 Å². The van der Waals surface area contributed by atoms with Gasteiger partial charge in [-0.1, -0.05) is 55.1 Å². The van der Waals surface area contributed by atoms with Crippen LogP contribution in [0.4, 0.5) is 0 Å².